The smallest absolute Gasteiger partial charge is 0.328 e. The molecule has 2 atom stereocenters. The number of methoxy groups -OCH3 is 1. The van der Waals surface area contributed by atoms with E-state index < -0.39 is 35.7 Å². The SMILES string of the molecule is COC(=O)[C@H](Cc1ccc(Cl)cc1Cl)NC(=O)[C@@H](Cc1cccc(F)c1)NC(C)=O. The first-order valence-corrected chi connectivity index (χ1v) is 9.79. The fourth-order valence-corrected chi connectivity index (χ4v) is 3.35. The number of esters is 1. The molecule has 0 spiro atoms. The monoisotopic (exact) mass is 454 g/mol. The van der Waals surface area contributed by atoms with Crippen LogP contribution in [-0.2, 0) is 32.0 Å². The number of hydrogen-bond donors (Lipinski definition) is 2. The maximum atomic E-state index is 13.5. The van der Waals surface area contributed by atoms with Gasteiger partial charge < -0.3 is 15.4 Å². The number of carbonyl (C=O) groups excluding carboxylic acids is 3. The summed E-state index contributed by atoms with van der Waals surface area (Å²) in [6.07, 6.45) is 0.0972. The third kappa shape index (κ3) is 7.00. The highest BCUT2D eigenvalue weighted by atomic mass is 35.5. The van der Waals surface area contributed by atoms with E-state index in [1.54, 1.807) is 18.2 Å². The fourth-order valence-electron chi connectivity index (χ4n) is 2.87. The Balaban J connectivity index is 2.20. The predicted molar refractivity (Wildman–Crippen MR) is 112 cm³/mol. The molecule has 30 heavy (non-hydrogen) atoms. The van der Waals surface area contributed by atoms with Gasteiger partial charge in [0.25, 0.3) is 0 Å². The number of ether oxygens (including phenoxy) is 1. The third-order valence-corrected chi connectivity index (χ3v) is 4.85. The van der Waals surface area contributed by atoms with Gasteiger partial charge in [-0.1, -0.05) is 41.4 Å². The van der Waals surface area contributed by atoms with E-state index in [0.717, 1.165) is 0 Å². The largest absolute Gasteiger partial charge is 0.467 e. The Morgan fingerprint density at radius 1 is 1.03 bits per heavy atom. The quantitative estimate of drug-likeness (QED) is 0.600. The van der Waals surface area contributed by atoms with Crippen molar-refractivity contribution in [2.75, 3.05) is 7.11 Å². The lowest BCUT2D eigenvalue weighted by Crippen LogP contribution is -2.53. The van der Waals surface area contributed by atoms with Crippen LogP contribution in [0.15, 0.2) is 42.5 Å². The van der Waals surface area contributed by atoms with Crippen molar-refractivity contribution in [3.63, 3.8) is 0 Å². The second-order valence-corrected chi connectivity index (χ2v) is 7.45. The van der Waals surface area contributed by atoms with Gasteiger partial charge in [0.2, 0.25) is 11.8 Å². The molecule has 160 valence electrons. The minimum atomic E-state index is -1.05. The highest BCUT2D eigenvalue weighted by molar-refractivity contribution is 6.35. The Hall–Kier alpha value is -2.64. The van der Waals surface area contributed by atoms with Gasteiger partial charge in [-0.3, -0.25) is 9.59 Å². The van der Waals surface area contributed by atoms with Crippen molar-refractivity contribution in [1.82, 2.24) is 10.6 Å². The first-order chi connectivity index (χ1) is 14.2. The second kappa shape index (κ2) is 10.9. The summed E-state index contributed by atoms with van der Waals surface area (Å²) in [4.78, 5) is 36.7. The minimum absolute atomic E-state index is 0.0404. The van der Waals surface area contributed by atoms with Crippen molar-refractivity contribution in [3.8, 4) is 0 Å². The van der Waals surface area contributed by atoms with Gasteiger partial charge in [-0.05, 0) is 35.4 Å². The van der Waals surface area contributed by atoms with Crippen molar-refractivity contribution < 1.29 is 23.5 Å². The van der Waals surface area contributed by atoms with Crippen LogP contribution < -0.4 is 10.6 Å². The molecule has 2 aromatic carbocycles. The van der Waals surface area contributed by atoms with Crippen LogP contribution in [0.2, 0.25) is 10.0 Å². The van der Waals surface area contributed by atoms with E-state index in [2.05, 4.69) is 10.6 Å². The Kier molecular flexibility index (Phi) is 8.62. The standard InChI is InChI=1S/C21H21Cl2FN2O4/c1-12(27)25-18(9-13-4-3-5-16(24)8-13)20(28)26-19(21(29)30-2)10-14-6-7-15(22)11-17(14)23/h3-8,11,18-19H,9-10H2,1-2H3,(H,25,27)(H,26,28)/t18-,19+/m1/s1. The van der Waals surface area contributed by atoms with Crippen LogP contribution in [-0.4, -0.2) is 37.0 Å². The molecule has 2 N–H and O–H groups in total. The average molecular weight is 455 g/mol. The minimum Gasteiger partial charge on any atom is -0.467 e. The maximum Gasteiger partial charge on any atom is 0.328 e. The van der Waals surface area contributed by atoms with Crippen LogP contribution in [0, 0.1) is 5.82 Å². The summed E-state index contributed by atoms with van der Waals surface area (Å²) in [5, 5.41) is 5.88. The Labute approximate surface area is 183 Å². The molecule has 0 aliphatic rings. The summed E-state index contributed by atoms with van der Waals surface area (Å²) < 4.78 is 18.3. The van der Waals surface area contributed by atoms with Gasteiger partial charge in [-0.25, -0.2) is 9.18 Å². The molecule has 2 aromatic rings. The molecular weight excluding hydrogens is 434 g/mol. The number of amides is 2. The molecule has 0 saturated carbocycles. The van der Waals surface area contributed by atoms with Gasteiger partial charge in [0.05, 0.1) is 7.11 Å². The molecule has 0 radical (unpaired) electrons. The van der Waals surface area contributed by atoms with Crippen LogP contribution in [0.3, 0.4) is 0 Å². The van der Waals surface area contributed by atoms with Crippen LogP contribution in [0.1, 0.15) is 18.1 Å². The lowest BCUT2D eigenvalue weighted by molar-refractivity contribution is -0.145. The molecule has 9 heteroatoms. The van der Waals surface area contributed by atoms with Gasteiger partial charge in [-0.2, -0.15) is 0 Å². The van der Waals surface area contributed by atoms with E-state index in [0.29, 0.717) is 21.2 Å². The van der Waals surface area contributed by atoms with Crippen LogP contribution in [0.5, 0.6) is 0 Å². The normalized spacial score (nSPS) is 12.6. The molecule has 0 aliphatic carbocycles. The zero-order valence-corrected chi connectivity index (χ0v) is 17.9. The maximum absolute atomic E-state index is 13.5. The number of nitrogens with one attached hydrogen (secondary N) is 2. The van der Waals surface area contributed by atoms with E-state index in [1.807, 2.05) is 0 Å². The number of halogens is 3. The molecule has 0 aliphatic heterocycles. The van der Waals surface area contributed by atoms with Crippen molar-refractivity contribution in [2.24, 2.45) is 0 Å². The molecule has 0 aromatic heterocycles. The van der Waals surface area contributed by atoms with Crippen LogP contribution >= 0.6 is 23.2 Å². The number of rotatable bonds is 8. The predicted octanol–water partition coefficient (Wildman–Crippen LogP) is 3.08. The van der Waals surface area contributed by atoms with E-state index in [-0.39, 0.29) is 12.8 Å². The molecule has 6 nitrogen and oxygen atoms in total. The van der Waals surface area contributed by atoms with Crippen LogP contribution in [0.25, 0.3) is 0 Å². The van der Waals surface area contributed by atoms with Crippen LogP contribution in [0.4, 0.5) is 4.39 Å². The zero-order chi connectivity index (χ0) is 22.3. The van der Waals surface area contributed by atoms with E-state index in [9.17, 15) is 18.8 Å². The third-order valence-electron chi connectivity index (χ3n) is 4.26. The average Bonchev–Trinajstić information content (AvgIpc) is 2.67. The zero-order valence-electron chi connectivity index (χ0n) is 16.4. The Bertz CT molecular complexity index is 939. The lowest BCUT2D eigenvalue weighted by Gasteiger charge is -2.22. The van der Waals surface area contributed by atoms with E-state index in [1.165, 1.54) is 38.3 Å². The van der Waals surface area contributed by atoms with Gasteiger partial charge in [0, 0.05) is 29.8 Å². The lowest BCUT2D eigenvalue weighted by atomic mass is 10.0. The van der Waals surface area contributed by atoms with Gasteiger partial charge in [0.1, 0.15) is 17.9 Å². The Morgan fingerprint density at radius 2 is 1.77 bits per heavy atom. The molecule has 2 rings (SSSR count). The van der Waals surface area contributed by atoms with Crippen molar-refractivity contribution >= 4 is 41.0 Å². The summed E-state index contributed by atoms with van der Waals surface area (Å²) in [7, 11) is 1.20. The summed E-state index contributed by atoms with van der Waals surface area (Å²) in [6.45, 7) is 1.26. The number of hydrogen-bond acceptors (Lipinski definition) is 4. The molecule has 0 fully saturated rings. The van der Waals surface area contributed by atoms with Gasteiger partial charge in [0.15, 0.2) is 0 Å². The molecular formula is C21H21Cl2FN2O4. The summed E-state index contributed by atoms with van der Waals surface area (Å²) in [5.74, 6) is -2.20. The fraction of sp³-hybridized carbons (Fsp3) is 0.286. The topological polar surface area (TPSA) is 84.5 Å². The molecule has 0 saturated heterocycles. The van der Waals surface area contributed by atoms with Crippen molar-refractivity contribution in [3.05, 3.63) is 69.5 Å². The number of benzene rings is 2. The first kappa shape index (κ1) is 23.6. The molecule has 0 bridgehead atoms. The summed E-state index contributed by atoms with van der Waals surface area (Å²) in [6, 6.07) is 8.41. The summed E-state index contributed by atoms with van der Waals surface area (Å²) >= 11 is 12.1. The highest BCUT2D eigenvalue weighted by Crippen LogP contribution is 2.22. The number of carbonyl (C=O) groups is 3. The van der Waals surface area contributed by atoms with Crippen molar-refractivity contribution in [1.29, 1.82) is 0 Å². The van der Waals surface area contributed by atoms with Gasteiger partial charge >= 0.3 is 5.97 Å². The molecule has 0 unspecified atom stereocenters. The second-order valence-electron chi connectivity index (χ2n) is 6.61. The van der Waals surface area contributed by atoms with Gasteiger partial charge in [-0.15, -0.1) is 0 Å². The highest BCUT2D eigenvalue weighted by Gasteiger charge is 2.28. The Morgan fingerprint density at radius 3 is 2.37 bits per heavy atom. The van der Waals surface area contributed by atoms with E-state index >= 15 is 0 Å². The first-order valence-electron chi connectivity index (χ1n) is 9.03. The van der Waals surface area contributed by atoms with E-state index in [4.69, 9.17) is 27.9 Å². The molecule has 2 amide bonds. The van der Waals surface area contributed by atoms with Crippen molar-refractivity contribution in [2.45, 2.75) is 31.8 Å². The summed E-state index contributed by atoms with van der Waals surface area (Å²) in [5.41, 5.74) is 1.09. The molecule has 0 heterocycles.